The highest BCUT2D eigenvalue weighted by atomic mass is 32.1. The minimum Gasteiger partial charge on any atom is -0.519 e. The molecule has 0 saturated carbocycles. The van der Waals surface area contributed by atoms with E-state index in [1.807, 2.05) is 81.7 Å². The van der Waals surface area contributed by atoms with Gasteiger partial charge in [0.1, 0.15) is 23.6 Å². The molecular weight excluding hydrogens is 615 g/mol. The van der Waals surface area contributed by atoms with Crippen LogP contribution in [0.3, 0.4) is 0 Å². The number of aryl methyl sites for hydroxylation is 1. The molecule has 0 radical (unpaired) electrons. The van der Waals surface area contributed by atoms with E-state index in [2.05, 4.69) is 15.6 Å². The highest BCUT2D eigenvalue weighted by molar-refractivity contribution is 7.13. The van der Waals surface area contributed by atoms with Crippen molar-refractivity contribution in [3.05, 3.63) is 95.1 Å². The number of hydrogen-bond acceptors (Lipinski definition) is 8. The molecule has 47 heavy (non-hydrogen) atoms. The monoisotopic (exact) mass is 652 g/mol. The zero-order chi connectivity index (χ0) is 33.3. The van der Waals surface area contributed by atoms with Crippen molar-refractivity contribution in [2.24, 2.45) is 5.41 Å². The number of aromatic nitrogens is 1. The molecule has 2 aliphatic heterocycles. The molecule has 1 saturated heterocycles. The largest absolute Gasteiger partial charge is 0.632 e. The number of likely N-dealkylation sites (tertiary alicyclic amines) is 1. The average molecular weight is 653 g/mol. The van der Waals surface area contributed by atoms with Crippen LogP contribution in [0.25, 0.3) is 10.4 Å². The molecule has 4 aromatic rings. The van der Waals surface area contributed by atoms with Gasteiger partial charge in [-0.3, -0.25) is 14.4 Å². The number of fused-ring (bicyclic) bond motifs is 1. The summed E-state index contributed by atoms with van der Waals surface area (Å²) in [7, 11) is -0.620. The maximum Gasteiger partial charge on any atom is 0.632 e. The molecular formula is C35H37BN4O6S. The molecule has 3 N–H and O–H groups in total. The maximum atomic E-state index is 14.0. The predicted octanol–water partition coefficient (Wildman–Crippen LogP) is 3.71. The lowest BCUT2D eigenvalue weighted by molar-refractivity contribution is -0.142. The summed E-state index contributed by atoms with van der Waals surface area (Å²) in [6.45, 7) is 7.80. The van der Waals surface area contributed by atoms with Crippen molar-refractivity contribution in [1.29, 1.82) is 0 Å². The smallest absolute Gasteiger partial charge is 0.519 e. The van der Waals surface area contributed by atoms with Gasteiger partial charge in [-0.05, 0) is 47.7 Å². The molecule has 3 amide bonds. The van der Waals surface area contributed by atoms with Gasteiger partial charge in [-0.15, -0.1) is 11.3 Å². The summed E-state index contributed by atoms with van der Waals surface area (Å²) in [4.78, 5) is 47.6. The quantitative estimate of drug-likeness (QED) is 0.248. The van der Waals surface area contributed by atoms with E-state index in [1.165, 1.54) is 4.90 Å². The molecule has 6 rings (SSSR count). The number of para-hydroxylation sites is 2. The van der Waals surface area contributed by atoms with Gasteiger partial charge in [0.05, 0.1) is 22.2 Å². The van der Waals surface area contributed by atoms with Crippen LogP contribution < -0.4 is 25.4 Å². The Morgan fingerprint density at radius 2 is 1.68 bits per heavy atom. The van der Waals surface area contributed by atoms with Gasteiger partial charge in [0.15, 0.2) is 0 Å². The van der Waals surface area contributed by atoms with E-state index in [0.29, 0.717) is 17.1 Å². The molecule has 2 aliphatic rings. The normalized spacial score (nSPS) is 17.8. The fourth-order valence-electron chi connectivity index (χ4n) is 5.82. The number of carbonyl (C=O) groups excluding carboxylic acids is 3. The second-order valence-corrected chi connectivity index (χ2v) is 13.8. The number of carbonyl (C=O) groups is 3. The summed E-state index contributed by atoms with van der Waals surface area (Å²) in [6, 6.07) is 20.3. The first kappa shape index (κ1) is 32.3. The Bertz CT molecular complexity index is 1750. The minimum absolute atomic E-state index is 0.000736. The number of rotatable bonds is 8. The molecule has 10 nitrogen and oxygen atoms in total. The van der Waals surface area contributed by atoms with E-state index < -0.39 is 42.5 Å². The summed E-state index contributed by atoms with van der Waals surface area (Å²) in [6.07, 6.45) is -0.741. The van der Waals surface area contributed by atoms with Crippen molar-refractivity contribution in [1.82, 2.24) is 20.5 Å². The molecule has 0 spiro atoms. The minimum atomic E-state index is -0.950. The van der Waals surface area contributed by atoms with Gasteiger partial charge >= 0.3 is 7.12 Å². The van der Waals surface area contributed by atoms with Gasteiger partial charge in [0.25, 0.3) is 5.91 Å². The highest BCUT2D eigenvalue weighted by Crippen LogP contribution is 2.32. The molecule has 3 atom stereocenters. The molecule has 1 aromatic heterocycles. The van der Waals surface area contributed by atoms with E-state index in [4.69, 9.17) is 9.31 Å². The van der Waals surface area contributed by atoms with Gasteiger partial charge in [-0.1, -0.05) is 69.3 Å². The van der Waals surface area contributed by atoms with Gasteiger partial charge in [-0.2, -0.15) is 0 Å². The summed E-state index contributed by atoms with van der Waals surface area (Å²) in [5.74, 6) is 0.0983. The first-order valence-corrected chi connectivity index (χ1v) is 16.4. The number of aliphatic hydroxyl groups excluding tert-OH is 1. The van der Waals surface area contributed by atoms with Crippen LogP contribution in [-0.2, 0) is 16.1 Å². The Morgan fingerprint density at radius 3 is 2.28 bits per heavy atom. The second kappa shape index (κ2) is 13.2. The molecule has 1 fully saturated rings. The van der Waals surface area contributed by atoms with E-state index in [-0.39, 0.29) is 25.4 Å². The number of thiazole rings is 1. The molecule has 12 heteroatoms. The van der Waals surface area contributed by atoms with Crippen LogP contribution in [-0.4, -0.2) is 64.6 Å². The van der Waals surface area contributed by atoms with Crippen LogP contribution >= 0.6 is 11.3 Å². The lowest BCUT2D eigenvalue weighted by Crippen LogP contribution is -2.57. The van der Waals surface area contributed by atoms with E-state index in [9.17, 15) is 19.5 Å². The molecule has 3 heterocycles. The van der Waals surface area contributed by atoms with E-state index in [1.54, 1.807) is 35.6 Å². The van der Waals surface area contributed by atoms with Crippen LogP contribution in [0.5, 0.6) is 11.5 Å². The third-order valence-electron chi connectivity index (χ3n) is 8.44. The Morgan fingerprint density at radius 1 is 1.02 bits per heavy atom. The summed E-state index contributed by atoms with van der Waals surface area (Å²) in [5, 5.41) is 16.4. The SMILES string of the molecule is Cc1ncsc1-c1ccc(CNC(=O)[C@@H]2C[C@@H](O)CN2C(=O)[C@@H](NC(=O)c2ccc(B3Oc4ccccc4O3)cc2)C(C)(C)C)cc1. The Hall–Kier alpha value is -4.68. The standard InChI is InChI=1S/C35H37BN4O6S/c1-21-30(47-20-38-21)23-11-9-22(10-12-23)18-37-33(43)27-17-26(41)19-40(27)34(44)31(35(2,3)4)39-32(42)24-13-15-25(16-14-24)36-45-28-7-5-6-8-29(28)46-36/h5-16,20,26-27,31,41H,17-19H2,1-4H3,(H,37,43)(H,39,42)/t26-,27+,31-/m1/s1. The Kier molecular flexibility index (Phi) is 9.07. The van der Waals surface area contributed by atoms with Crippen LogP contribution in [0.2, 0.25) is 0 Å². The van der Waals surface area contributed by atoms with Crippen LogP contribution in [0.15, 0.2) is 78.3 Å². The number of amides is 3. The number of hydrogen-bond donors (Lipinski definition) is 3. The molecule has 242 valence electrons. The van der Waals surface area contributed by atoms with Crippen molar-refractivity contribution in [2.75, 3.05) is 6.54 Å². The lowest BCUT2D eigenvalue weighted by Gasteiger charge is -2.35. The third-order valence-corrected chi connectivity index (χ3v) is 9.42. The van der Waals surface area contributed by atoms with Crippen LogP contribution in [0.4, 0.5) is 0 Å². The number of β-amino-alcohol motifs (C(OH)–C–C–N with tert-alkyl or cyclic N) is 1. The average Bonchev–Trinajstić information content (AvgIpc) is 3.80. The van der Waals surface area contributed by atoms with Crippen molar-refractivity contribution >= 4 is 41.6 Å². The van der Waals surface area contributed by atoms with Gasteiger partial charge < -0.3 is 29.9 Å². The maximum absolute atomic E-state index is 14.0. The van der Waals surface area contributed by atoms with Gasteiger partial charge in [0, 0.05) is 30.5 Å². The number of aliphatic hydroxyl groups is 1. The first-order valence-electron chi connectivity index (χ1n) is 15.6. The fraction of sp³-hybridized carbons (Fsp3) is 0.314. The van der Waals surface area contributed by atoms with Crippen molar-refractivity contribution < 1.29 is 28.8 Å². The molecule has 0 unspecified atom stereocenters. The summed E-state index contributed by atoms with van der Waals surface area (Å²) in [5.41, 5.74) is 5.17. The molecule has 0 bridgehead atoms. The Balaban J connectivity index is 1.09. The number of benzene rings is 3. The molecule has 0 aliphatic carbocycles. The predicted molar refractivity (Wildman–Crippen MR) is 180 cm³/mol. The topological polar surface area (TPSA) is 130 Å². The second-order valence-electron chi connectivity index (χ2n) is 13.0. The summed E-state index contributed by atoms with van der Waals surface area (Å²) < 4.78 is 11.7. The summed E-state index contributed by atoms with van der Waals surface area (Å²) >= 11 is 1.58. The number of nitrogens with zero attached hydrogens (tertiary/aromatic N) is 2. The van der Waals surface area contributed by atoms with Crippen molar-refractivity contribution in [2.45, 2.75) is 58.8 Å². The van der Waals surface area contributed by atoms with E-state index >= 15 is 0 Å². The highest BCUT2D eigenvalue weighted by Gasteiger charge is 2.44. The third kappa shape index (κ3) is 7.03. The Labute approximate surface area is 278 Å². The van der Waals surface area contributed by atoms with E-state index in [0.717, 1.165) is 27.2 Å². The zero-order valence-corrected chi connectivity index (χ0v) is 27.5. The zero-order valence-electron chi connectivity index (χ0n) is 26.7. The fourth-order valence-corrected chi connectivity index (χ4v) is 6.63. The van der Waals surface area contributed by atoms with Crippen LogP contribution in [0, 0.1) is 12.3 Å². The van der Waals surface area contributed by atoms with Gasteiger partial charge in [-0.25, -0.2) is 4.98 Å². The van der Waals surface area contributed by atoms with Crippen molar-refractivity contribution in [3.8, 4) is 21.9 Å². The lowest BCUT2D eigenvalue weighted by atomic mass is 9.79. The molecule has 3 aromatic carbocycles. The first-order chi connectivity index (χ1) is 22.5. The van der Waals surface area contributed by atoms with Crippen molar-refractivity contribution in [3.63, 3.8) is 0 Å². The van der Waals surface area contributed by atoms with Gasteiger partial charge in [0.2, 0.25) is 11.8 Å². The van der Waals surface area contributed by atoms with Crippen LogP contribution in [0.1, 0.15) is 48.8 Å². The number of nitrogens with one attached hydrogen (secondary N) is 2.